The van der Waals surface area contributed by atoms with E-state index < -0.39 is 5.41 Å². The van der Waals surface area contributed by atoms with Gasteiger partial charge in [0.15, 0.2) is 0 Å². The molecule has 1 aliphatic rings. The fraction of sp³-hybridized carbons (Fsp3) is 0.158. The summed E-state index contributed by atoms with van der Waals surface area (Å²) in [5, 5.41) is 7.94. The van der Waals surface area contributed by atoms with Gasteiger partial charge in [0, 0.05) is 51.4 Å². The second-order valence-corrected chi connectivity index (χ2v) is 22.3. The Morgan fingerprint density at radius 1 is 0.405 bits per heavy atom. The van der Waals surface area contributed by atoms with Crippen LogP contribution in [-0.4, -0.2) is 0 Å². The van der Waals surface area contributed by atoms with Gasteiger partial charge in [-0.3, -0.25) is 0 Å². The largest absolute Gasteiger partial charge is 0.309 e. The lowest BCUT2D eigenvalue weighted by Gasteiger charge is -2.35. The van der Waals surface area contributed by atoms with E-state index in [1.807, 2.05) is 50.4 Å². The van der Waals surface area contributed by atoms with Gasteiger partial charge in [-0.2, -0.15) is 0 Å². The van der Waals surface area contributed by atoms with Crippen LogP contribution in [0.4, 0.5) is 17.1 Å². The van der Waals surface area contributed by atoms with Gasteiger partial charge < -0.3 is 4.90 Å². The van der Waals surface area contributed by atoms with E-state index in [9.17, 15) is 0 Å². The van der Waals surface area contributed by atoms with Crippen molar-refractivity contribution in [2.75, 3.05) is 4.90 Å². The van der Waals surface area contributed by atoms with E-state index >= 15 is 0 Å². The highest BCUT2D eigenvalue weighted by atomic mass is 32.1. The zero-order chi connectivity index (χ0) is 55.0. The molecule has 1 aliphatic carbocycles. The van der Waals surface area contributed by atoms with Gasteiger partial charge in [0.05, 0.1) is 16.8 Å². The first-order chi connectivity index (χ1) is 38.8. The fourth-order valence-corrected chi connectivity index (χ4v) is 13.9. The molecular weight excluding hydrogens is 991 g/mol. The van der Waals surface area contributed by atoms with Crippen molar-refractivity contribution in [1.82, 2.24) is 0 Å². The summed E-state index contributed by atoms with van der Waals surface area (Å²) in [7, 11) is 0. The smallest absolute Gasteiger partial charge is 0.0714 e. The minimum Gasteiger partial charge on any atom is -0.309 e. The van der Waals surface area contributed by atoms with E-state index in [2.05, 4.69) is 288 Å². The van der Waals surface area contributed by atoms with Crippen LogP contribution in [0.15, 0.2) is 249 Å². The van der Waals surface area contributed by atoms with Gasteiger partial charge in [-0.25, -0.2) is 0 Å². The molecule has 0 radical (unpaired) electrons. The molecule has 0 saturated heterocycles. The van der Waals surface area contributed by atoms with Crippen molar-refractivity contribution in [3.05, 3.63) is 293 Å². The molecule has 0 fully saturated rings. The number of aryl methyl sites for hydroxylation is 3. The lowest BCUT2D eigenvalue weighted by molar-refractivity contribution is 0.768. The van der Waals surface area contributed by atoms with E-state index in [1.165, 1.54) is 118 Å². The number of hydrogen-bond donors (Lipinski definition) is 0. The van der Waals surface area contributed by atoms with E-state index in [-0.39, 0.29) is 0 Å². The fourth-order valence-electron chi connectivity index (χ4n) is 11.7. The molecule has 11 aromatic carbocycles. The standard InChI is InChI=1S/C48H33NS.C15H14S.C9H12.2C2H6/c1-32-28-29-38-40(30-32)48(33-16-5-2-6-17-33,34-18-7-3-8-19-34)41-31-43(36-22-11-12-23-37(36)46(38)41)49(35-20-9-4-10-21-35)42-25-15-27-45-47(42)39-24-13-14-26-44(39)50-45;1-10(2)11-7-5-9-14-15(11)12-6-3-4-8-13(12)16-14;1-3-9-6-4-8(2)5-7-9;2*1-2/h2-31H,1H3;3-10H,1-2H3;4-7H,3H2,1-2H3;2*1-2H3. The van der Waals surface area contributed by atoms with Crippen molar-refractivity contribution >= 4 is 90.9 Å². The maximum absolute atomic E-state index is 2.52. The van der Waals surface area contributed by atoms with Crippen molar-refractivity contribution < 1.29 is 0 Å². The molecule has 13 aromatic rings. The topological polar surface area (TPSA) is 3.24 Å². The van der Waals surface area contributed by atoms with Crippen LogP contribution in [0.3, 0.4) is 0 Å². The number of thiophene rings is 2. The molecule has 0 unspecified atom stereocenters. The summed E-state index contributed by atoms with van der Waals surface area (Å²) in [5.41, 5.74) is 16.3. The minimum absolute atomic E-state index is 0.512. The number of anilines is 3. The van der Waals surface area contributed by atoms with E-state index in [4.69, 9.17) is 0 Å². The number of benzene rings is 11. The molecule has 2 heterocycles. The number of hydrogen-bond acceptors (Lipinski definition) is 3. The Balaban J connectivity index is 0.000000198. The van der Waals surface area contributed by atoms with E-state index in [0.29, 0.717) is 5.92 Å². The lowest BCUT2D eigenvalue weighted by atomic mass is 9.67. The van der Waals surface area contributed by atoms with Crippen molar-refractivity contribution in [1.29, 1.82) is 0 Å². The van der Waals surface area contributed by atoms with Gasteiger partial charge in [0.25, 0.3) is 0 Å². The molecule has 2 aromatic heterocycles. The predicted molar refractivity (Wildman–Crippen MR) is 350 cm³/mol. The third kappa shape index (κ3) is 10.2. The summed E-state index contributed by atoms with van der Waals surface area (Å²) in [6, 6.07) is 91.4. The van der Waals surface area contributed by atoms with Gasteiger partial charge in [-0.15, -0.1) is 22.7 Å². The molecule has 0 atom stereocenters. The molecule has 14 rings (SSSR count). The Morgan fingerprint density at radius 2 is 0.886 bits per heavy atom. The summed E-state index contributed by atoms with van der Waals surface area (Å²) < 4.78 is 5.40. The number of nitrogens with zero attached hydrogens (tertiary/aromatic N) is 1. The number of para-hydroxylation sites is 1. The molecule has 0 saturated carbocycles. The average Bonchev–Trinajstić information content (AvgIpc) is 4.23. The summed E-state index contributed by atoms with van der Waals surface area (Å²) in [4.78, 5) is 2.51. The summed E-state index contributed by atoms with van der Waals surface area (Å²) in [5.74, 6) is 0.585. The van der Waals surface area contributed by atoms with Gasteiger partial charge in [0.2, 0.25) is 0 Å². The summed E-state index contributed by atoms with van der Waals surface area (Å²) in [6.45, 7) is 19.0. The molecule has 0 spiro atoms. The van der Waals surface area contributed by atoms with Crippen LogP contribution in [0.5, 0.6) is 0 Å². The van der Waals surface area contributed by atoms with Crippen LogP contribution in [0.1, 0.15) is 98.9 Å². The molecule has 0 N–H and O–H groups in total. The van der Waals surface area contributed by atoms with Crippen molar-refractivity contribution in [3.63, 3.8) is 0 Å². The van der Waals surface area contributed by atoms with Crippen LogP contribution >= 0.6 is 22.7 Å². The molecule has 0 bridgehead atoms. The van der Waals surface area contributed by atoms with Crippen molar-refractivity contribution in [2.45, 2.75) is 80.1 Å². The Morgan fingerprint density at radius 3 is 1.47 bits per heavy atom. The first kappa shape index (κ1) is 54.3. The van der Waals surface area contributed by atoms with Crippen LogP contribution < -0.4 is 4.90 Å². The monoisotopic (exact) mass is 1060 g/mol. The third-order valence-electron chi connectivity index (χ3n) is 15.2. The zero-order valence-electron chi connectivity index (χ0n) is 47.2. The highest BCUT2D eigenvalue weighted by Crippen LogP contribution is 2.60. The zero-order valence-corrected chi connectivity index (χ0v) is 48.9. The minimum atomic E-state index is -0.512. The molecule has 79 heavy (non-hydrogen) atoms. The molecular formula is C76H71NS2. The van der Waals surface area contributed by atoms with Crippen LogP contribution in [0.2, 0.25) is 0 Å². The molecule has 392 valence electrons. The van der Waals surface area contributed by atoms with Crippen LogP contribution in [0.25, 0.3) is 62.2 Å². The third-order valence-corrected chi connectivity index (χ3v) is 17.4. The Bertz CT molecular complexity index is 4110. The van der Waals surface area contributed by atoms with Gasteiger partial charge in [-0.05, 0) is 125 Å². The van der Waals surface area contributed by atoms with Crippen LogP contribution in [-0.2, 0) is 11.8 Å². The normalized spacial score (nSPS) is 11.9. The SMILES string of the molecule is CC.CC.CC(C)c1cccc2sc3ccccc3c12.CCc1ccc(C)cc1.Cc1ccc2c(c1)C(c1ccccc1)(c1ccccc1)c1cc(N(c3ccccc3)c3cccc4sc5ccccc5c34)c3ccccc3c1-2. The Kier molecular flexibility index (Phi) is 16.7. The molecule has 3 heteroatoms. The highest BCUT2D eigenvalue weighted by Gasteiger charge is 2.47. The summed E-state index contributed by atoms with van der Waals surface area (Å²) in [6.07, 6.45) is 1.14. The first-order valence-corrected chi connectivity index (χ1v) is 30.0. The van der Waals surface area contributed by atoms with Crippen molar-refractivity contribution in [2.24, 2.45) is 0 Å². The Hall–Kier alpha value is -8.08. The molecule has 0 aliphatic heterocycles. The van der Waals surface area contributed by atoms with Crippen molar-refractivity contribution in [3.8, 4) is 11.1 Å². The maximum Gasteiger partial charge on any atom is 0.0714 e. The molecule has 0 amide bonds. The number of fused-ring (bicyclic) bond motifs is 11. The van der Waals surface area contributed by atoms with E-state index in [1.54, 1.807) is 0 Å². The Labute approximate surface area is 477 Å². The van der Waals surface area contributed by atoms with Gasteiger partial charge in [0.1, 0.15) is 0 Å². The highest BCUT2D eigenvalue weighted by molar-refractivity contribution is 7.26. The van der Waals surface area contributed by atoms with Gasteiger partial charge >= 0.3 is 0 Å². The average molecular weight is 1060 g/mol. The summed E-state index contributed by atoms with van der Waals surface area (Å²) >= 11 is 3.76. The quantitative estimate of drug-likeness (QED) is 0.154. The molecule has 1 nitrogen and oxygen atoms in total. The lowest BCUT2D eigenvalue weighted by Crippen LogP contribution is -2.29. The second kappa shape index (κ2) is 24.3. The van der Waals surface area contributed by atoms with Gasteiger partial charge in [-0.1, -0.05) is 260 Å². The predicted octanol–water partition coefficient (Wildman–Crippen LogP) is 23.1. The number of rotatable bonds is 7. The maximum atomic E-state index is 2.52. The van der Waals surface area contributed by atoms with Crippen LogP contribution in [0, 0.1) is 13.8 Å². The van der Waals surface area contributed by atoms with E-state index in [0.717, 1.165) is 12.1 Å². The second-order valence-electron chi connectivity index (χ2n) is 20.1. The first-order valence-electron chi connectivity index (χ1n) is 28.3.